The number of hydrogen-bond acceptors (Lipinski definition) is 5. The van der Waals surface area contributed by atoms with E-state index in [1.54, 1.807) is 6.07 Å². The van der Waals surface area contributed by atoms with E-state index in [2.05, 4.69) is 5.32 Å². The topological polar surface area (TPSA) is 62.1 Å². The Morgan fingerprint density at radius 3 is 2.87 bits per heavy atom. The zero-order valence-corrected chi connectivity index (χ0v) is 9.79. The van der Waals surface area contributed by atoms with Gasteiger partial charge in [-0.25, -0.2) is 0 Å². The molecular weight excluding hydrogens is 232 g/mol. The molecule has 0 aliphatic carbocycles. The van der Waals surface area contributed by atoms with E-state index >= 15 is 0 Å². The Morgan fingerprint density at radius 1 is 1.73 bits per heavy atom. The van der Waals surface area contributed by atoms with Gasteiger partial charge in [-0.15, -0.1) is 11.3 Å². The van der Waals surface area contributed by atoms with Crippen molar-refractivity contribution in [2.24, 2.45) is 0 Å². The normalized spacial score (nSPS) is 9.13. The number of anilines is 1. The minimum atomic E-state index is -0.245. The van der Waals surface area contributed by atoms with Gasteiger partial charge in [-0.05, 0) is 0 Å². The maximum Gasteiger partial charge on any atom is 0.221 e. The molecule has 1 heterocycles. The molecule has 78 valence electrons. The van der Waals surface area contributed by atoms with Crippen molar-refractivity contribution in [3.8, 4) is 11.8 Å². The van der Waals surface area contributed by atoms with E-state index in [-0.39, 0.29) is 5.91 Å². The largest absolute Gasteiger partial charge is 0.495 e. The summed E-state index contributed by atoms with van der Waals surface area (Å²) in [5, 5.41) is 11.9. The molecule has 0 radical (unpaired) electrons. The summed E-state index contributed by atoms with van der Waals surface area (Å²) in [5.74, 6) is 0.135. The van der Waals surface area contributed by atoms with Gasteiger partial charge in [0.1, 0.15) is 22.4 Å². The number of nitrogens with zero attached hydrogens (tertiary/aromatic N) is 1. The molecule has 6 heteroatoms. The van der Waals surface area contributed by atoms with Gasteiger partial charge < -0.3 is 10.1 Å². The first-order valence-electron chi connectivity index (χ1n) is 3.98. The van der Waals surface area contributed by atoms with Gasteiger partial charge in [-0.2, -0.15) is 5.26 Å². The Bertz CT molecular complexity index is 488. The molecule has 0 saturated carbocycles. The summed E-state index contributed by atoms with van der Waals surface area (Å²) in [4.78, 5) is 10.9. The molecule has 0 saturated heterocycles. The summed E-state index contributed by atoms with van der Waals surface area (Å²) in [6.07, 6.45) is 0. The van der Waals surface area contributed by atoms with Crippen LogP contribution in [0.3, 0.4) is 0 Å². The number of ether oxygens (including phenoxy) is 1. The van der Waals surface area contributed by atoms with Crippen molar-refractivity contribution in [1.82, 2.24) is 0 Å². The molecule has 0 bridgehead atoms. The fourth-order valence-electron chi connectivity index (χ4n) is 0.987. The van der Waals surface area contributed by atoms with Crippen LogP contribution in [-0.2, 0) is 4.79 Å². The van der Waals surface area contributed by atoms with E-state index in [1.807, 2.05) is 6.07 Å². The van der Waals surface area contributed by atoms with Gasteiger partial charge in [-0.1, -0.05) is 12.2 Å². The summed E-state index contributed by atoms with van der Waals surface area (Å²) in [5.41, 5.74) is 0.298. The Balaban J connectivity index is 3.36. The van der Waals surface area contributed by atoms with Gasteiger partial charge in [0.05, 0.1) is 10.9 Å². The van der Waals surface area contributed by atoms with Crippen LogP contribution >= 0.6 is 23.6 Å². The smallest absolute Gasteiger partial charge is 0.221 e. The van der Waals surface area contributed by atoms with E-state index in [0.717, 1.165) is 0 Å². The second-order valence-corrected chi connectivity index (χ2v) is 4.38. The van der Waals surface area contributed by atoms with E-state index in [9.17, 15) is 4.79 Å². The maximum absolute atomic E-state index is 10.9. The minimum Gasteiger partial charge on any atom is -0.495 e. The fraction of sp³-hybridized carbons (Fsp3) is 0.222. The van der Waals surface area contributed by atoms with E-state index in [4.69, 9.17) is 22.2 Å². The highest BCUT2D eigenvalue weighted by molar-refractivity contribution is 7.73. The second kappa shape index (κ2) is 4.87. The van der Waals surface area contributed by atoms with Crippen LogP contribution in [0, 0.1) is 15.2 Å². The van der Waals surface area contributed by atoms with Crippen molar-refractivity contribution in [2.75, 3.05) is 12.4 Å². The highest BCUT2D eigenvalue weighted by Crippen LogP contribution is 2.30. The number of carbonyl (C=O) groups is 1. The Kier molecular flexibility index (Phi) is 3.77. The first kappa shape index (κ1) is 11.6. The van der Waals surface area contributed by atoms with Crippen molar-refractivity contribution in [1.29, 1.82) is 5.26 Å². The molecular formula is C9H8N2O2S2. The average molecular weight is 240 g/mol. The molecule has 0 aliphatic rings. The van der Waals surface area contributed by atoms with E-state index in [0.29, 0.717) is 20.1 Å². The molecule has 0 unspecified atom stereocenters. The third kappa shape index (κ3) is 2.75. The molecule has 1 rings (SSSR count). The number of amides is 1. The number of nitriles is 1. The monoisotopic (exact) mass is 240 g/mol. The van der Waals surface area contributed by atoms with E-state index in [1.165, 1.54) is 25.4 Å². The zero-order chi connectivity index (χ0) is 11.4. The molecule has 0 spiro atoms. The summed E-state index contributed by atoms with van der Waals surface area (Å²) in [6.45, 7) is 1.37. The number of nitrogens with one attached hydrogen (secondary N) is 1. The third-order valence-electron chi connectivity index (χ3n) is 1.55. The van der Waals surface area contributed by atoms with Crippen LogP contribution < -0.4 is 10.1 Å². The van der Waals surface area contributed by atoms with Gasteiger partial charge in [0.15, 0.2) is 0 Å². The molecule has 1 N–H and O–H groups in total. The lowest BCUT2D eigenvalue weighted by atomic mass is 10.3. The van der Waals surface area contributed by atoms with Crippen molar-refractivity contribution in [2.45, 2.75) is 6.92 Å². The molecule has 4 nitrogen and oxygen atoms in total. The zero-order valence-electron chi connectivity index (χ0n) is 8.16. The van der Waals surface area contributed by atoms with Crippen LogP contribution in [0.2, 0.25) is 0 Å². The van der Waals surface area contributed by atoms with Crippen LogP contribution in [0.5, 0.6) is 5.75 Å². The van der Waals surface area contributed by atoms with Gasteiger partial charge >= 0.3 is 0 Å². The number of hydrogen-bond donors (Lipinski definition) is 1. The van der Waals surface area contributed by atoms with E-state index < -0.39 is 0 Å². The van der Waals surface area contributed by atoms with Crippen LogP contribution in [0.15, 0.2) is 6.07 Å². The predicted octanol–water partition coefficient (Wildman–Crippen LogP) is 2.32. The highest BCUT2D eigenvalue weighted by Gasteiger charge is 2.11. The predicted molar refractivity (Wildman–Crippen MR) is 60.7 cm³/mol. The van der Waals surface area contributed by atoms with Crippen molar-refractivity contribution < 1.29 is 9.53 Å². The summed E-state index contributed by atoms with van der Waals surface area (Å²) < 4.78 is 5.56. The van der Waals surface area contributed by atoms with Gasteiger partial charge in [0.2, 0.25) is 5.91 Å². The number of methoxy groups -OCH3 is 1. The molecule has 1 aromatic heterocycles. The lowest BCUT2D eigenvalue weighted by Crippen LogP contribution is -2.06. The number of carbonyl (C=O) groups excluding carboxylic acids is 1. The molecule has 0 fully saturated rings. The van der Waals surface area contributed by atoms with Crippen molar-refractivity contribution in [3.63, 3.8) is 0 Å². The Hall–Kier alpha value is -1.45. The van der Waals surface area contributed by atoms with Gasteiger partial charge in [0.25, 0.3) is 0 Å². The lowest BCUT2D eigenvalue weighted by Gasteiger charge is -2.07. The second-order valence-electron chi connectivity index (χ2n) is 2.63. The Morgan fingerprint density at radius 2 is 2.40 bits per heavy atom. The SMILES string of the molecule is COc1cc(=S)sc(NC(C)=O)c1C#N. The first-order valence-corrected chi connectivity index (χ1v) is 5.20. The third-order valence-corrected chi connectivity index (χ3v) is 2.74. The number of rotatable bonds is 2. The Labute approximate surface area is 96.1 Å². The fourth-order valence-corrected chi connectivity index (χ4v) is 2.15. The average Bonchev–Trinajstić information content (AvgIpc) is 2.15. The van der Waals surface area contributed by atoms with Crippen LogP contribution in [0.1, 0.15) is 12.5 Å². The minimum absolute atomic E-state index is 0.245. The van der Waals surface area contributed by atoms with Crippen LogP contribution in [0.25, 0.3) is 0 Å². The van der Waals surface area contributed by atoms with Gasteiger partial charge in [-0.3, -0.25) is 4.79 Å². The highest BCUT2D eigenvalue weighted by atomic mass is 32.1. The van der Waals surface area contributed by atoms with Gasteiger partial charge in [0, 0.05) is 13.0 Å². The van der Waals surface area contributed by atoms with Crippen molar-refractivity contribution in [3.05, 3.63) is 15.5 Å². The molecule has 15 heavy (non-hydrogen) atoms. The summed E-state index contributed by atoms with van der Waals surface area (Å²) >= 11 is 6.16. The van der Waals surface area contributed by atoms with Crippen LogP contribution in [-0.4, -0.2) is 13.0 Å². The molecule has 0 aromatic carbocycles. The maximum atomic E-state index is 10.9. The molecule has 0 atom stereocenters. The summed E-state index contributed by atoms with van der Waals surface area (Å²) in [6, 6.07) is 3.56. The quantitative estimate of drug-likeness (QED) is 0.806. The molecule has 1 amide bonds. The standard InChI is InChI=1S/C9H8N2O2S2/c1-5(12)11-9-6(4-10)7(13-2)3-8(14)15-9/h3H,1-2H3,(H,11,12). The van der Waals surface area contributed by atoms with Crippen LogP contribution in [0.4, 0.5) is 5.00 Å². The molecule has 0 aliphatic heterocycles. The summed E-state index contributed by atoms with van der Waals surface area (Å²) in [7, 11) is 1.45. The molecule has 1 aromatic rings. The van der Waals surface area contributed by atoms with Crippen molar-refractivity contribution >= 4 is 34.5 Å². The first-order chi connectivity index (χ1) is 7.08. The lowest BCUT2D eigenvalue weighted by molar-refractivity contribution is -0.114.